The zero-order valence-electron chi connectivity index (χ0n) is 10.5. The molecule has 0 aliphatic rings. The molecule has 0 saturated carbocycles. The molecule has 0 atom stereocenters. The van der Waals surface area contributed by atoms with Crippen LogP contribution in [0.15, 0.2) is 29.2 Å². The van der Waals surface area contributed by atoms with Crippen molar-refractivity contribution < 1.29 is 9.90 Å². The second-order valence-electron chi connectivity index (χ2n) is 4.54. The molecule has 0 bridgehead atoms. The molecule has 0 heterocycles. The van der Waals surface area contributed by atoms with Gasteiger partial charge in [0.1, 0.15) is 0 Å². The first-order chi connectivity index (χ1) is 7.98. The van der Waals surface area contributed by atoms with Crippen molar-refractivity contribution in [3.8, 4) is 0 Å². The Balaban J connectivity index is 2.69. The van der Waals surface area contributed by atoms with Crippen LogP contribution < -0.4 is 5.32 Å². The summed E-state index contributed by atoms with van der Waals surface area (Å²) in [5, 5.41) is 11.8. The van der Waals surface area contributed by atoms with E-state index in [0.29, 0.717) is 12.0 Å². The van der Waals surface area contributed by atoms with Crippen LogP contribution >= 0.6 is 11.8 Å². The lowest BCUT2D eigenvalue weighted by molar-refractivity contribution is 0.0899. The lowest BCUT2D eigenvalue weighted by Crippen LogP contribution is -2.44. The quantitative estimate of drug-likeness (QED) is 0.792. The third-order valence-electron chi connectivity index (χ3n) is 2.54. The van der Waals surface area contributed by atoms with Gasteiger partial charge in [0.05, 0.1) is 0 Å². The highest BCUT2D eigenvalue weighted by Gasteiger charge is 2.20. The van der Waals surface area contributed by atoms with Crippen molar-refractivity contribution in [3.05, 3.63) is 29.8 Å². The van der Waals surface area contributed by atoms with Crippen molar-refractivity contribution >= 4 is 17.7 Å². The molecule has 0 unspecified atom stereocenters. The summed E-state index contributed by atoms with van der Waals surface area (Å²) in [5.41, 5.74) is 0.262. The van der Waals surface area contributed by atoms with Gasteiger partial charge in [0, 0.05) is 22.6 Å². The molecule has 17 heavy (non-hydrogen) atoms. The fraction of sp³-hybridized carbons (Fsp3) is 0.462. The highest BCUT2D eigenvalue weighted by molar-refractivity contribution is 7.98. The molecule has 1 amide bonds. The Morgan fingerprint density at radius 1 is 1.35 bits per heavy atom. The molecule has 0 aliphatic carbocycles. The molecular formula is C13H19NO2S. The van der Waals surface area contributed by atoms with Crippen molar-refractivity contribution in [2.45, 2.75) is 30.7 Å². The zero-order valence-corrected chi connectivity index (χ0v) is 11.3. The first-order valence-corrected chi connectivity index (χ1v) is 6.78. The summed E-state index contributed by atoms with van der Waals surface area (Å²) in [6.45, 7) is 3.87. The fourth-order valence-corrected chi connectivity index (χ4v) is 1.87. The number of aliphatic hydroxyl groups is 1. The third kappa shape index (κ3) is 4.40. The maximum Gasteiger partial charge on any atom is 0.251 e. The zero-order chi connectivity index (χ0) is 12.9. The summed E-state index contributed by atoms with van der Waals surface area (Å²) in [5.74, 6) is -0.101. The van der Waals surface area contributed by atoms with E-state index >= 15 is 0 Å². The minimum atomic E-state index is -0.385. The molecule has 94 valence electrons. The summed E-state index contributed by atoms with van der Waals surface area (Å²) in [7, 11) is 0. The van der Waals surface area contributed by atoms with Crippen LogP contribution in [0.2, 0.25) is 0 Å². The maximum atomic E-state index is 11.9. The molecule has 2 N–H and O–H groups in total. The largest absolute Gasteiger partial charge is 0.396 e. The minimum Gasteiger partial charge on any atom is -0.396 e. The summed E-state index contributed by atoms with van der Waals surface area (Å²) < 4.78 is 0. The van der Waals surface area contributed by atoms with Crippen LogP contribution in [-0.4, -0.2) is 29.4 Å². The number of benzene rings is 1. The van der Waals surface area contributed by atoms with E-state index in [1.165, 1.54) is 0 Å². The van der Waals surface area contributed by atoms with Crippen LogP contribution in [0.1, 0.15) is 30.6 Å². The molecule has 0 radical (unpaired) electrons. The first kappa shape index (κ1) is 14.1. The van der Waals surface area contributed by atoms with Crippen molar-refractivity contribution in [1.82, 2.24) is 5.32 Å². The van der Waals surface area contributed by atoms with Gasteiger partial charge in [-0.15, -0.1) is 11.8 Å². The van der Waals surface area contributed by atoms with Crippen LogP contribution in [-0.2, 0) is 0 Å². The molecule has 1 rings (SSSR count). The predicted molar refractivity (Wildman–Crippen MR) is 71.5 cm³/mol. The van der Waals surface area contributed by atoms with Crippen molar-refractivity contribution in [1.29, 1.82) is 0 Å². The van der Waals surface area contributed by atoms with E-state index in [4.69, 9.17) is 5.11 Å². The van der Waals surface area contributed by atoms with Crippen LogP contribution in [0.3, 0.4) is 0 Å². The second kappa shape index (κ2) is 6.07. The van der Waals surface area contributed by atoms with Gasteiger partial charge in [0.15, 0.2) is 0 Å². The number of hydrogen-bond donors (Lipinski definition) is 2. The Labute approximate surface area is 107 Å². The number of aliphatic hydroxyl groups excluding tert-OH is 1. The van der Waals surface area contributed by atoms with E-state index in [1.807, 2.05) is 44.4 Å². The van der Waals surface area contributed by atoms with Crippen molar-refractivity contribution in [2.24, 2.45) is 0 Å². The van der Waals surface area contributed by atoms with Gasteiger partial charge < -0.3 is 10.4 Å². The van der Waals surface area contributed by atoms with E-state index in [-0.39, 0.29) is 18.1 Å². The number of hydrogen-bond acceptors (Lipinski definition) is 3. The first-order valence-electron chi connectivity index (χ1n) is 5.56. The molecule has 0 aliphatic heterocycles. The Kier molecular flexibility index (Phi) is 5.02. The van der Waals surface area contributed by atoms with Gasteiger partial charge in [-0.3, -0.25) is 4.79 Å². The van der Waals surface area contributed by atoms with E-state index in [0.717, 1.165) is 4.90 Å². The molecule has 0 fully saturated rings. The Morgan fingerprint density at radius 2 is 1.94 bits per heavy atom. The summed E-state index contributed by atoms with van der Waals surface area (Å²) >= 11 is 1.65. The number of nitrogens with one attached hydrogen (secondary N) is 1. The predicted octanol–water partition coefficient (Wildman–Crippen LogP) is 2.30. The average Bonchev–Trinajstić information content (AvgIpc) is 2.28. The smallest absolute Gasteiger partial charge is 0.251 e. The Morgan fingerprint density at radius 3 is 2.41 bits per heavy atom. The molecule has 1 aromatic rings. The Hall–Kier alpha value is -1.00. The van der Waals surface area contributed by atoms with Gasteiger partial charge >= 0.3 is 0 Å². The Bertz CT molecular complexity index is 374. The molecule has 3 nitrogen and oxygen atoms in total. The van der Waals surface area contributed by atoms with Gasteiger partial charge in [-0.05, 0) is 50.8 Å². The number of carbonyl (C=O) groups is 1. The summed E-state index contributed by atoms with van der Waals surface area (Å²) in [4.78, 5) is 13.1. The van der Waals surface area contributed by atoms with Gasteiger partial charge in [-0.1, -0.05) is 0 Å². The SMILES string of the molecule is CSc1ccc(C(=O)NC(C)(C)CCO)cc1. The maximum absolute atomic E-state index is 11.9. The molecule has 4 heteroatoms. The monoisotopic (exact) mass is 253 g/mol. The lowest BCUT2D eigenvalue weighted by Gasteiger charge is -2.25. The van der Waals surface area contributed by atoms with Crippen LogP contribution in [0.4, 0.5) is 0 Å². The average molecular weight is 253 g/mol. The molecule has 1 aromatic carbocycles. The summed E-state index contributed by atoms with van der Waals surface area (Å²) in [6, 6.07) is 7.49. The fourth-order valence-electron chi connectivity index (χ4n) is 1.46. The normalized spacial score (nSPS) is 11.3. The van der Waals surface area contributed by atoms with Crippen molar-refractivity contribution in [3.63, 3.8) is 0 Å². The minimum absolute atomic E-state index is 0.0681. The molecular weight excluding hydrogens is 234 g/mol. The highest BCUT2D eigenvalue weighted by atomic mass is 32.2. The topological polar surface area (TPSA) is 49.3 Å². The third-order valence-corrected chi connectivity index (χ3v) is 3.28. The van der Waals surface area contributed by atoms with E-state index in [1.54, 1.807) is 11.8 Å². The number of carbonyl (C=O) groups excluding carboxylic acids is 1. The standard InChI is InChI=1S/C13H19NO2S/c1-13(2,8-9-15)14-12(16)10-4-6-11(17-3)7-5-10/h4-7,15H,8-9H2,1-3H3,(H,14,16). The molecule has 0 aromatic heterocycles. The number of amides is 1. The van der Waals surface area contributed by atoms with Gasteiger partial charge in [0.25, 0.3) is 5.91 Å². The highest BCUT2D eigenvalue weighted by Crippen LogP contribution is 2.16. The molecule has 0 spiro atoms. The molecule has 0 saturated heterocycles. The van der Waals surface area contributed by atoms with Crippen LogP contribution in [0, 0.1) is 0 Å². The van der Waals surface area contributed by atoms with Gasteiger partial charge in [-0.25, -0.2) is 0 Å². The number of thioether (sulfide) groups is 1. The van der Waals surface area contributed by atoms with Crippen molar-refractivity contribution in [2.75, 3.05) is 12.9 Å². The van der Waals surface area contributed by atoms with E-state index in [9.17, 15) is 4.79 Å². The summed E-state index contributed by atoms with van der Waals surface area (Å²) in [6.07, 6.45) is 2.54. The van der Waals surface area contributed by atoms with Crippen LogP contribution in [0.25, 0.3) is 0 Å². The lowest BCUT2D eigenvalue weighted by atomic mass is 10.0. The van der Waals surface area contributed by atoms with Gasteiger partial charge in [-0.2, -0.15) is 0 Å². The van der Waals surface area contributed by atoms with E-state index in [2.05, 4.69) is 5.32 Å². The van der Waals surface area contributed by atoms with Gasteiger partial charge in [0.2, 0.25) is 0 Å². The van der Waals surface area contributed by atoms with E-state index < -0.39 is 0 Å². The number of rotatable bonds is 5. The van der Waals surface area contributed by atoms with Crippen LogP contribution in [0.5, 0.6) is 0 Å². The second-order valence-corrected chi connectivity index (χ2v) is 5.42.